The Balaban J connectivity index is 1.78. The molecule has 0 aliphatic rings. The van der Waals surface area contributed by atoms with E-state index in [1.54, 1.807) is 18.2 Å². The van der Waals surface area contributed by atoms with Crippen LogP contribution >= 0.6 is 0 Å². The highest BCUT2D eigenvalue weighted by molar-refractivity contribution is 7.89. The Labute approximate surface area is 152 Å². The lowest BCUT2D eigenvalue weighted by Gasteiger charge is -2.10. The minimum atomic E-state index is -3.79. The van der Waals surface area contributed by atoms with Crippen molar-refractivity contribution in [2.24, 2.45) is 0 Å². The lowest BCUT2D eigenvalue weighted by molar-refractivity contribution is 0.402. The van der Waals surface area contributed by atoms with Crippen LogP contribution in [-0.4, -0.2) is 25.7 Å². The van der Waals surface area contributed by atoms with Crippen molar-refractivity contribution in [1.29, 1.82) is 0 Å². The summed E-state index contributed by atoms with van der Waals surface area (Å²) in [5.74, 6) is 0.793. The average Bonchev–Trinajstić information content (AvgIpc) is 3.09. The number of hydrogen-bond donors (Lipinski definition) is 1. The van der Waals surface area contributed by atoms with Gasteiger partial charge in [-0.1, -0.05) is 23.8 Å². The molecule has 0 bridgehead atoms. The molecule has 0 amide bonds. The zero-order valence-corrected chi connectivity index (χ0v) is 15.5. The Kier molecular flexibility index (Phi) is 5.06. The van der Waals surface area contributed by atoms with Gasteiger partial charge in [0.2, 0.25) is 21.8 Å². The first-order valence-corrected chi connectivity index (χ1v) is 9.41. The summed E-state index contributed by atoms with van der Waals surface area (Å²) in [6.07, 6.45) is 0. The van der Waals surface area contributed by atoms with Gasteiger partial charge in [0.15, 0.2) is 0 Å². The Bertz CT molecular complexity index is 1030. The van der Waals surface area contributed by atoms with Crippen LogP contribution in [0.15, 0.2) is 51.8 Å². The molecule has 0 radical (unpaired) electrons. The third kappa shape index (κ3) is 3.92. The van der Waals surface area contributed by atoms with Gasteiger partial charge in [-0.3, -0.25) is 0 Å². The molecule has 1 N–H and O–H groups in total. The third-order valence-corrected chi connectivity index (χ3v) is 5.18. The highest BCUT2D eigenvalue weighted by Gasteiger charge is 2.20. The van der Waals surface area contributed by atoms with E-state index in [-0.39, 0.29) is 23.1 Å². The maximum atomic E-state index is 12.6. The second-order valence-corrected chi connectivity index (χ2v) is 7.58. The molecule has 1 heterocycles. The van der Waals surface area contributed by atoms with Gasteiger partial charge in [0, 0.05) is 5.56 Å². The van der Waals surface area contributed by atoms with E-state index in [0.717, 1.165) is 16.7 Å². The van der Waals surface area contributed by atoms with Gasteiger partial charge in [-0.15, -0.1) is 10.2 Å². The van der Waals surface area contributed by atoms with Gasteiger partial charge in [-0.05, 0) is 43.7 Å². The van der Waals surface area contributed by atoms with Crippen molar-refractivity contribution >= 4 is 10.0 Å². The predicted octanol–water partition coefficient (Wildman–Crippen LogP) is 2.84. The molecule has 136 valence electrons. The van der Waals surface area contributed by atoms with Crippen LogP contribution in [0, 0.1) is 13.8 Å². The molecule has 0 aliphatic carbocycles. The van der Waals surface area contributed by atoms with Gasteiger partial charge in [0.25, 0.3) is 0 Å². The molecule has 3 aromatic rings. The van der Waals surface area contributed by atoms with Crippen LogP contribution in [-0.2, 0) is 16.6 Å². The molecule has 7 nitrogen and oxygen atoms in total. The van der Waals surface area contributed by atoms with E-state index in [4.69, 9.17) is 9.15 Å². The maximum Gasteiger partial charge on any atom is 0.247 e. The molecule has 0 saturated carbocycles. The highest BCUT2D eigenvalue weighted by atomic mass is 32.2. The van der Waals surface area contributed by atoms with Crippen LogP contribution in [0.25, 0.3) is 11.5 Å². The molecule has 0 atom stereocenters. The molecule has 8 heteroatoms. The number of benzene rings is 2. The summed E-state index contributed by atoms with van der Waals surface area (Å²) in [5, 5.41) is 7.88. The molecule has 0 aliphatic heterocycles. The monoisotopic (exact) mass is 373 g/mol. The number of ether oxygens (including phenoxy) is 1. The zero-order valence-electron chi connectivity index (χ0n) is 14.7. The Morgan fingerprint density at radius 1 is 1.08 bits per heavy atom. The number of sulfonamides is 1. The smallest absolute Gasteiger partial charge is 0.247 e. The van der Waals surface area contributed by atoms with Crippen molar-refractivity contribution in [3.63, 3.8) is 0 Å². The Hall–Kier alpha value is -2.71. The van der Waals surface area contributed by atoms with Crippen LogP contribution in [0.5, 0.6) is 5.75 Å². The van der Waals surface area contributed by atoms with Crippen molar-refractivity contribution < 1.29 is 17.6 Å². The summed E-state index contributed by atoms with van der Waals surface area (Å²) in [6, 6.07) is 12.6. The molecule has 3 rings (SSSR count). The second kappa shape index (κ2) is 7.27. The van der Waals surface area contributed by atoms with E-state index >= 15 is 0 Å². The predicted molar refractivity (Wildman–Crippen MR) is 96.2 cm³/mol. The normalized spacial score (nSPS) is 11.5. The molecule has 0 fully saturated rings. The fourth-order valence-electron chi connectivity index (χ4n) is 2.45. The lowest BCUT2D eigenvalue weighted by atomic mass is 10.1. The van der Waals surface area contributed by atoms with Gasteiger partial charge >= 0.3 is 0 Å². The van der Waals surface area contributed by atoms with Gasteiger partial charge < -0.3 is 9.15 Å². The molecular formula is C18H19N3O4S. The fraction of sp³-hybridized carbons (Fsp3) is 0.222. The van der Waals surface area contributed by atoms with Crippen LogP contribution < -0.4 is 9.46 Å². The number of nitrogens with zero attached hydrogens (tertiary/aromatic N) is 2. The van der Waals surface area contributed by atoms with E-state index in [1.807, 2.05) is 38.1 Å². The van der Waals surface area contributed by atoms with Crippen LogP contribution in [0.2, 0.25) is 0 Å². The van der Waals surface area contributed by atoms with Gasteiger partial charge in [0.1, 0.15) is 10.6 Å². The number of aromatic nitrogens is 2. The molecular weight excluding hydrogens is 354 g/mol. The zero-order chi connectivity index (χ0) is 18.7. The van der Waals surface area contributed by atoms with E-state index in [2.05, 4.69) is 14.9 Å². The van der Waals surface area contributed by atoms with Gasteiger partial charge in [0.05, 0.1) is 13.7 Å². The summed E-state index contributed by atoms with van der Waals surface area (Å²) >= 11 is 0. The quantitative estimate of drug-likeness (QED) is 0.714. The minimum Gasteiger partial charge on any atom is -0.495 e. The number of aryl methyl sites for hydroxylation is 2. The summed E-state index contributed by atoms with van der Waals surface area (Å²) < 4.78 is 38.3. The number of rotatable bonds is 6. The summed E-state index contributed by atoms with van der Waals surface area (Å²) in [5.41, 5.74) is 2.66. The Morgan fingerprint density at radius 2 is 1.85 bits per heavy atom. The second-order valence-electron chi connectivity index (χ2n) is 5.85. The molecule has 0 saturated heterocycles. The topological polar surface area (TPSA) is 94.3 Å². The first kappa shape index (κ1) is 18.1. The van der Waals surface area contributed by atoms with Crippen molar-refractivity contribution in [3.8, 4) is 17.2 Å². The fourth-order valence-corrected chi connectivity index (χ4v) is 3.67. The van der Waals surface area contributed by atoms with E-state index in [0.29, 0.717) is 5.89 Å². The number of methoxy groups -OCH3 is 1. The number of hydrogen-bond acceptors (Lipinski definition) is 6. The molecule has 2 aromatic carbocycles. The van der Waals surface area contributed by atoms with E-state index in [1.165, 1.54) is 7.11 Å². The summed E-state index contributed by atoms with van der Waals surface area (Å²) in [7, 11) is -2.36. The van der Waals surface area contributed by atoms with Gasteiger partial charge in [-0.2, -0.15) is 0 Å². The first-order chi connectivity index (χ1) is 12.4. The minimum absolute atomic E-state index is 0.0680. The average molecular weight is 373 g/mol. The van der Waals surface area contributed by atoms with Crippen LogP contribution in [0.4, 0.5) is 0 Å². The van der Waals surface area contributed by atoms with Crippen molar-refractivity contribution in [1.82, 2.24) is 14.9 Å². The standard InChI is InChI=1S/C18H19N3O4S/c1-12-5-4-6-14(9-12)18-21-20-17(25-18)11-19-26(22,23)16-10-13(2)7-8-15(16)24-3/h4-10,19H,11H2,1-3H3. The highest BCUT2D eigenvalue weighted by Crippen LogP contribution is 2.25. The molecule has 1 aromatic heterocycles. The third-order valence-electron chi connectivity index (χ3n) is 3.75. The molecule has 26 heavy (non-hydrogen) atoms. The first-order valence-electron chi connectivity index (χ1n) is 7.93. The van der Waals surface area contributed by atoms with Crippen molar-refractivity contribution in [2.75, 3.05) is 7.11 Å². The largest absolute Gasteiger partial charge is 0.495 e. The summed E-state index contributed by atoms with van der Waals surface area (Å²) in [6.45, 7) is 3.66. The number of nitrogens with one attached hydrogen (secondary N) is 1. The van der Waals surface area contributed by atoms with Crippen LogP contribution in [0.3, 0.4) is 0 Å². The van der Waals surface area contributed by atoms with E-state index in [9.17, 15) is 8.42 Å². The van der Waals surface area contributed by atoms with E-state index < -0.39 is 10.0 Å². The summed E-state index contributed by atoms with van der Waals surface area (Å²) in [4.78, 5) is 0.0680. The lowest BCUT2D eigenvalue weighted by Crippen LogP contribution is -2.24. The SMILES string of the molecule is COc1ccc(C)cc1S(=O)(=O)NCc1nnc(-c2cccc(C)c2)o1. The Morgan fingerprint density at radius 3 is 2.58 bits per heavy atom. The van der Waals surface area contributed by atoms with Crippen molar-refractivity contribution in [3.05, 3.63) is 59.5 Å². The van der Waals surface area contributed by atoms with Crippen LogP contribution in [0.1, 0.15) is 17.0 Å². The molecule has 0 unspecified atom stereocenters. The van der Waals surface area contributed by atoms with Crippen molar-refractivity contribution in [2.45, 2.75) is 25.3 Å². The molecule has 0 spiro atoms. The van der Waals surface area contributed by atoms with Gasteiger partial charge in [-0.25, -0.2) is 13.1 Å². The maximum absolute atomic E-state index is 12.6.